The fourth-order valence-corrected chi connectivity index (χ4v) is 2.65. The van der Waals surface area contributed by atoms with Crippen molar-refractivity contribution in [1.82, 2.24) is 0 Å². The SMILES string of the molecule is CC(C)c1c(F)c(C#N)cc(C2CC2)c1CC(=O)Cl. The summed E-state index contributed by atoms with van der Waals surface area (Å²) in [7, 11) is 0. The zero-order valence-electron chi connectivity index (χ0n) is 11.0. The number of nitriles is 1. The first kappa shape index (κ1) is 14.0. The predicted octanol–water partition coefficient (Wildman–Crippen LogP) is 4.01. The molecule has 1 saturated carbocycles. The molecule has 0 saturated heterocycles. The van der Waals surface area contributed by atoms with E-state index >= 15 is 0 Å². The summed E-state index contributed by atoms with van der Waals surface area (Å²) in [5, 5.41) is 8.55. The maximum absolute atomic E-state index is 14.3. The lowest BCUT2D eigenvalue weighted by molar-refractivity contribution is -0.111. The van der Waals surface area contributed by atoms with Crippen LogP contribution in [0.2, 0.25) is 0 Å². The van der Waals surface area contributed by atoms with Crippen LogP contribution in [-0.2, 0) is 11.2 Å². The Morgan fingerprint density at radius 3 is 2.63 bits per heavy atom. The van der Waals surface area contributed by atoms with Crippen LogP contribution < -0.4 is 0 Å². The first-order valence-electron chi connectivity index (χ1n) is 6.39. The number of hydrogen-bond donors (Lipinski definition) is 0. The molecule has 100 valence electrons. The number of hydrogen-bond acceptors (Lipinski definition) is 2. The third kappa shape index (κ3) is 2.79. The molecule has 2 rings (SSSR count). The van der Waals surface area contributed by atoms with Gasteiger partial charge in [0, 0.05) is 6.42 Å². The summed E-state index contributed by atoms with van der Waals surface area (Å²) in [5.41, 5.74) is 2.15. The van der Waals surface area contributed by atoms with Crippen LogP contribution in [0.4, 0.5) is 4.39 Å². The van der Waals surface area contributed by atoms with Gasteiger partial charge in [-0.2, -0.15) is 5.26 Å². The minimum Gasteiger partial charge on any atom is -0.281 e. The molecule has 1 fully saturated rings. The summed E-state index contributed by atoms with van der Waals surface area (Å²) in [5.74, 6) is -0.247. The molecule has 0 heterocycles. The highest BCUT2D eigenvalue weighted by Gasteiger charge is 2.31. The Morgan fingerprint density at radius 2 is 2.21 bits per heavy atom. The van der Waals surface area contributed by atoms with Gasteiger partial charge in [-0.1, -0.05) is 13.8 Å². The van der Waals surface area contributed by atoms with Crippen molar-refractivity contribution in [3.8, 4) is 6.07 Å². The molecule has 0 aliphatic heterocycles. The fraction of sp³-hybridized carbons (Fsp3) is 0.467. The molecule has 0 unspecified atom stereocenters. The van der Waals surface area contributed by atoms with Crippen LogP contribution in [0.3, 0.4) is 0 Å². The molecule has 0 amide bonds. The molecular weight excluding hydrogens is 265 g/mol. The average molecular weight is 280 g/mol. The van der Waals surface area contributed by atoms with Crippen LogP contribution in [-0.4, -0.2) is 5.24 Å². The molecule has 1 aromatic rings. The highest BCUT2D eigenvalue weighted by Crippen LogP contribution is 2.44. The van der Waals surface area contributed by atoms with E-state index in [0.717, 1.165) is 18.4 Å². The van der Waals surface area contributed by atoms with Gasteiger partial charge in [-0.3, -0.25) is 4.79 Å². The number of carbonyl (C=O) groups is 1. The van der Waals surface area contributed by atoms with Crippen LogP contribution in [0.25, 0.3) is 0 Å². The van der Waals surface area contributed by atoms with Crippen molar-refractivity contribution in [2.24, 2.45) is 0 Å². The summed E-state index contributed by atoms with van der Waals surface area (Å²) in [6.07, 6.45) is 2.08. The summed E-state index contributed by atoms with van der Waals surface area (Å²) in [6.45, 7) is 3.72. The Morgan fingerprint density at radius 1 is 1.58 bits per heavy atom. The number of nitrogens with zero attached hydrogens (tertiary/aromatic N) is 1. The van der Waals surface area contributed by atoms with Gasteiger partial charge in [0.25, 0.3) is 0 Å². The van der Waals surface area contributed by atoms with Gasteiger partial charge in [-0.25, -0.2) is 4.39 Å². The molecule has 1 aliphatic carbocycles. The summed E-state index contributed by atoms with van der Waals surface area (Å²) < 4.78 is 14.3. The van der Waals surface area contributed by atoms with Crippen molar-refractivity contribution in [3.63, 3.8) is 0 Å². The summed E-state index contributed by atoms with van der Waals surface area (Å²) >= 11 is 5.49. The highest BCUT2D eigenvalue weighted by molar-refractivity contribution is 6.63. The van der Waals surface area contributed by atoms with E-state index in [9.17, 15) is 9.18 Å². The van der Waals surface area contributed by atoms with Crippen LogP contribution in [0, 0.1) is 17.1 Å². The van der Waals surface area contributed by atoms with E-state index < -0.39 is 11.1 Å². The van der Waals surface area contributed by atoms with E-state index in [4.69, 9.17) is 16.9 Å². The van der Waals surface area contributed by atoms with Crippen LogP contribution >= 0.6 is 11.6 Å². The number of halogens is 2. The molecule has 1 aliphatic rings. The van der Waals surface area contributed by atoms with E-state index in [1.54, 1.807) is 6.07 Å². The number of benzene rings is 1. The third-order valence-corrected chi connectivity index (χ3v) is 3.61. The van der Waals surface area contributed by atoms with Crippen molar-refractivity contribution >= 4 is 16.8 Å². The van der Waals surface area contributed by atoms with Crippen molar-refractivity contribution in [3.05, 3.63) is 34.1 Å². The zero-order chi connectivity index (χ0) is 14.2. The lowest BCUT2D eigenvalue weighted by Gasteiger charge is -2.18. The standard InChI is InChI=1S/C15H15ClFNO/c1-8(2)14-12(6-13(16)19)11(9-3-4-9)5-10(7-18)15(14)17/h5,8-9H,3-4,6H2,1-2H3. The first-order chi connectivity index (χ1) is 8.95. The van der Waals surface area contributed by atoms with Gasteiger partial charge in [0.2, 0.25) is 5.24 Å². The van der Waals surface area contributed by atoms with Crippen LogP contribution in [0.1, 0.15) is 60.8 Å². The molecule has 0 aromatic heterocycles. The van der Waals surface area contributed by atoms with Gasteiger partial charge in [-0.05, 0) is 59.0 Å². The topological polar surface area (TPSA) is 40.9 Å². The summed E-state index contributed by atoms with van der Waals surface area (Å²) in [4.78, 5) is 11.2. The molecule has 4 heteroatoms. The van der Waals surface area contributed by atoms with Gasteiger partial charge < -0.3 is 0 Å². The zero-order valence-corrected chi connectivity index (χ0v) is 11.7. The Kier molecular flexibility index (Phi) is 3.91. The maximum Gasteiger partial charge on any atom is 0.226 e. The summed E-state index contributed by atoms with van der Waals surface area (Å²) in [6, 6.07) is 3.49. The van der Waals surface area contributed by atoms with Gasteiger partial charge in [0.1, 0.15) is 11.9 Å². The fourth-order valence-electron chi connectivity index (χ4n) is 2.52. The number of rotatable bonds is 4. The van der Waals surface area contributed by atoms with E-state index in [1.807, 2.05) is 19.9 Å². The van der Waals surface area contributed by atoms with Crippen molar-refractivity contribution in [2.75, 3.05) is 0 Å². The van der Waals surface area contributed by atoms with Crippen molar-refractivity contribution < 1.29 is 9.18 Å². The Labute approximate surface area is 117 Å². The van der Waals surface area contributed by atoms with E-state index in [2.05, 4.69) is 0 Å². The molecule has 1 aromatic carbocycles. The van der Waals surface area contributed by atoms with E-state index in [-0.39, 0.29) is 17.9 Å². The van der Waals surface area contributed by atoms with Crippen LogP contribution in [0.5, 0.6) is 0 Å². The van der Waals surface area contributed by atoms with E-state index in [1.165, 1.54) is 0 Å². The van der Waals surface area contributed by atoms with Gasteiger partial charge in [-0.15, -0.1) is 0 Å². The molecule has 0 radical (unpaired) electrons. The molecule has 0 atom stereocenters. The molecule has 0 N–H and O–H groups in total. The number of carbonyl (C=O) groups excluding carboxylic acids is 1. The van der Waals surface area contributed by atoms with Gasteiger partial charge >= 0.3 is 0 Å². The average Bonchev–Trinajstić information content (AvgIpc) is 3.12. The quantitative estimate of drug-likeness (QED) is 0.782. The normalized spacial score (nSPS) is 14.5. The molecule has 19 heavy (non-hydrogen) atoms. The third-order valence-electron chi connectivity index (χ3n) is 3.48. The Hall–Kier alpha value is -1.40. The van der Waals surface area contributed by atoms with Gasteiger partial charge in [0.05, 0.1) is 5.56 Å². The molecule has 0 spiro atoms. The molecule has 2 nitrogen and oxygen atoms in total. The van der Waals surface area contributed by atoms with Gasteiger partial charge in [0.15, 0.2) is 0 Å². The van der Waals surface area contributed by atoms with E-state index in [0.29, 0.717) is 17.0 Å². The maximum atomic E-state index is 14.3. The largest absolute Gasteiger partial charge is 0.281 e. The minimum atomic E-state index is -0.505. The second-order valence-electron chi connectivity index (χ2n) is 5.29. The highest BCUT2D eigenvalue weighted by atomic mass is 35.5. The second-order valence-corrected chi connectivity index (χ2v) is 5.71. The Bertz CT molecular complexity index is 570. The van der Waals surface area contributed by atoms with Crippen molar-refractivity contribution in [2.45, 2.75) is 44.9 Å². The van der Waals surface area contributed by atoms with Crippen molar-refractivity contribution in [1.29, 1.82) is 5.26 Å². The molecular formula is C15H15ClFNO. The second kappa shape index (κ2) is 5.30. The first-order valence-corrected chi connectivity index (χ1v) is 6.77. The lowest BCUT2D eigenvalue weighted by Crippen LogP contribution is -2.09. The van der Waals surface area contributed by atoms with Crippen LogP contribution in [0.15, 0.2) is 6.07 Å². The minimum absolute atomic E-state index is 0.0313. The predicted molar refractivity (Wildman–Crippen MR) is 71.7 cm³/mol. The smallest absolute Gasteiger partial charge is 0.226 e. The lowest BCUT2D eigenvalue weighted by atomic mass is 9.87. The Balaban J connectivity index is 2.68. The monoisotopic (exact) mass is 279 g/mol. The molecule has 0 bridgehead atoms.